The zero-order chi connectivity index (χ0) is 11.3. The van der Waals surface area contributed by atoms with Gasteiger partial charge in [-0.05, 0) is 33.1 Å². The van der Waals surface area contributed by atoms with Crippen LogP contribution in [0, 0.1) is 0 Å². The molecule has 0 N–H and O–H groups in total. The highest BCUT2D eigenvalue weighted by Crippen LogP contribution is 2.51. The van der Waals surface area contributed by atoms with Gasteiger partial charge in [-0.25, -0.2) is 8.42 Å². The maximum Gasteiger partial charge on any atom is 0.215 e. The summed E-state index contributed by atoms with van der Waals surface area (Å²) in [6.45, 7) is 4.17. The van der Waals surface area contributed by atoms with Gasteiger partial charge in [-0.3, -0.25) is 0 Å². The van der Waals surface area contributed by atoms with Crippen LogP contribution >= 0.6 is 14.8 Å². The largest absolute Gasteiger partial charge is 0.348 e. The lowest BCUT2D eigenvalue weighted by molar-refractivity contribution is -0.139. The third-order valence-corrected chi connectivity index (χ3v) is 6.66. The molecule has 88 valence electrons. The topological polar surface area (TPSA) is 52.6 Å². The normalized spacial score (nSPS) is 32.9. The van der Waals surface area contributed by atoms with Gasteiger partial charge in [0.15, 0.2) is 5.79 Å². The highest BCUT2D eigenvalue weighted by molar-refractivity contribution is 9.47. The first-order chi connectivity index (χ1) is 6.74. The fraction of sp³-hybridized carbons (Fsp3) is 1.00. The van der Waals surface area contributed by atoms with Crippen molar-refractivity contribution in [3.63, 3.8) is 0 Å². The molecule has 15 heavy (non-hydrogen) atoms. The van der Waals surface area contributed by atoms with Crippen molar-refractivity contribution >= 4 is 23.1 Å². The molecule has 1 heterocycles. The van der Waals surface area contributed by atoms with Crippen molar-refractivity contribution in [2.45, 2.75) is 49.7 Å². The third kappa shape index (κ3) is 2.38. The van der Waals surface area contributed by atoms with Crippen LogP contribution in [0.1, 0.15) is 33.1 Å². The molecule has 1 saturated carbocycles. The lowest BCUT2D eigenvalue weighted by Crippen LogP contribution is -2.28. The molecule has 4 nitrogen and oxygen atoms in total. The summed E-state index contributed by atoms with van der Waals surface area (Å²) >= 11 is 2.77. The molecule has 6 heteroatoms. The molecule has 0 bridgehead atoms. The second kappa shape index (κ2) is 3.42. The molecule has 2 rings (SSSR count). The van der Waals surface area contributed by atoms with E-state index >= 15 is 0 Å². The quantitative estimate of drug-likeness (QED) is 0.746. The molecule has 0 aromatic rings. The van der Waals surface area contributed by atoms with E-state index in [1.54, 1.807) is 0 Å². The average molecular weight is 299 g/mol. The van der Waals surface area contributed by atoms with E-state index in [1.807, 2.05) is 13.8 Å². The SMILES string of the molecule is CC1(C)OC[C@@H](CC2(S(=O)(=O)Br)CC2)O1. The zero-order valence-electron chi connectivity index (χ0n) is 8.82. The van der Waals surface area contributed by atoms with Gasteiger partial charge in [-0.2, -0.15) is 0 Å². The van der Waals surface area contributed by atoms with Gasteiger partial charge in [0.2, 0.25) is 8.27 Å². The van der Waals surface area contributed by atoms with Crippen LogP contribution in [0.4, 0.5) is 0 Å². The Morgan fingerprint density at radius 2 is 2.00 bits per heavy atom. The summed E-state index contributed by atoms with van der Waals surface area (Å²) < 4.78 is 33.4. The van der Waals surface area contributed by atoms with E-state index < -0.39 is 18.8 Å². The highest BCUT2D eigenvalue weighted by atomic mass is 79.9. The Hall–Kier alpha value is 0.350. The number of ether oxygens (including phenoxy) is 2. The molecular weight excluding hydrogens is 284 g/mol. The van der Waals surface area contributed by atoms with Crippen LogP contribution in [-0.2, 0) is 17.7 Å². The molecule has 1 aliphatic carbocycles. The van der Waals surface area contributed by atoms with E-state index in [0.717, 1.165) is 12.8 Å². The molecular formula is C9H15BrO4S. The first-order valence-electron chi connectivity index (χ1n) is 5.00. The molecule has 0 amide bonds. The molecule has 0 radical (unpaired) electrons. The monoisotopic (exact) mass is 298 g/mol. The van der Waals surface area contributed by atoms with E-state index in [9.17, 15) is 8.42 Å². The predicted octanol–water partition coefficient (Wildman–Crippen LogP) is 1.79. The molecule has 0 aromatic carbocycles. The maximum atomic E-state index is 11.5. The third-order valence-electron chi connectivity index (χ3n) is 2.99. The fourth-order valence-electron chi connectivity index (χ4n) is 1.97. The molecule has 2 fully saturated rings. The van der Waals surface area contributed by atoms with Gasteiger partial charge in [0.25, 0.3) is 0 Å². The molecule has 0 aromatic heterocycles. The Balaban J connectivity index is 2.00. The van der Waals surface area contributed by atoms with Crippen molar-refractivity contribution < 1.29 is 17.9 Å². The van der Waals surface area contributed by atoms with Gasteiger partial charge >= 0.3 is 0 Å². The van der Waals surface area contributed by atoms with E-state index in [-0.39, 0.29) is 6.10 Å². The minimum Gasteiger partial charge on any atom is -0.348 e. The second-order valence-electron chi connectivity index (χ2n) is 4.78. The van der Waals surface area contributed by atoms with Crippen molar-refractivity contribution in [3.8, 4) is 0 Å². The molecule has 1 aliphatic heterocycles. The van der Waals surface area contributed by atoms with Crippen molar-refractivity contribution in [2.75, 3.05) is 6.61 Å². The summed E-state index contributed by atoms with van der Waals surface area (Å²) in [5.74, 6) is -0.573. The van der Waals surface area contributed by atoms with Crippen LogP contribution in [0.15, 0.2) is 0 Å². The Bertz CT molecular complexity index is 358. The van der Waals surface area contributed by atoms with E-state index in [4.69, 9.17) is 9.47 Å². The molecule has 0 spiro atoms. The van der Waals surface area contributed by atoms with Gasteiger partial charge < -0.3 is 9.47 Å². The Morgan fingerprint density at radius 3 is 2.33 bits per heavy atom. The summed E-state index contributed by atoms with van der Waals surface area (Å²) in [5, 5.41) is 0. The van der Waals surface area contributed by atoms with Crippen molar-refractivity contribution in [1.29, 1.82) is 0 Å². The van der Waals surface area contributed by atoms with Crippen LogP contribution < -0.4 is 0 Å². The minimum atomic E-state index is -3.14. The summed E-state index contributed by atoms with van der Waals surface area (Å²) in [5.41, 5.74) is 0. The standard InChI is InChI=1S/C9H15BrO4S/c1-8(2)13-6-7(14-8)5-9(3-4-9)15(10,11)12/h7H,3-6H2,1-2H3/t7-/m1/s1. The van der Waals surface area contributed by atoms with E-state index in [0.29, 0.717) is 13.0 Å². The Morgan fingerprint density at radius 1 is 1.40 bits per heavy atom. The summed E-state index contributed by atoms with van der Waals surface area (Å²) in [6.07, 6.45) is 1.88. The van der Waals surface area contributed by atoms with Gasteiger partial charge in [0.1, 0.15) is 0 Å². The van der Waals surface area contributed by atoms with Gasteiger partial charge in [0.05, 0.1) is 32.3 Å². The van der Waals surface area contributed by atoms with Gasteiger partial charge in [0, 0.05) is 0 Å². The second-order valence-corrected chi connectivity index (χ2v) is 9.07. The van der Waals surface area contributed by atoms with Crippen molar-refractivity contribution in [3.05, 3.63) is 0 Å². The number of halogens is 1. The fourth-order valence-corrected chi connectivity index (χ4v) is 4.31. The van der Waals surface area contributed by atoms with E-state index in [2.05, 4.69) is 14.8 Å². The summed E-state index contributed by atoms with van der Waals surface area (Å²) in [4.78, 5) is 0. The first kappa shape index (κ1) is 11.8. The molecule has 0 unspecified atom stereocenters. The number of rotatable bonds is 3. The lowest BCUT2D eigenvalue weighted by atomic mass is 10.2. The van der Waals surface area contributed by atoms with Crippen LogP contribution in [0.25, 0.3) is 0 Å². The Kier molecular flexibility index (Phi) is 2.70. The maximum absolute atomic E-state index is 11.5. The van der Waals surface area contributed by atoms with Crippen molar-refractivity contribution in [1.82, 2.24) is 0 Å². The van der Waals surface area contributed by atoms with Crippen LogP contribution in [0.5, 0.6) is 0 Å². The van der Waals surface area contributed by atoms with Crippen molar-refractivity contribution in [2.24, 2.45) is 0 Å². The Labute approximate surface area is 97.4 Å². The minimum absolute atomic E-state index is 0.102. The number of hydrogen-bond donors (Lipinski definition) is 0. The van der Waals surface area contributed by atoms with Crippen LogP contribution in [0.2, 0.25) is 0 Å². The van der Waals surface area contributed by atoms with Gasteiger partial charge in [-0.1, -0.05) is 0 Å². The predicted molar refractivity (Wildman–Crippen MR) is 59.3 cm³/mol. The summed E-state index contributed by atoms with van der Waals surface area (Å²) in [6, 6.07) is 0. The summed E-state index contributed by atoms with van der Waals surface area (Å²) in [7, 11) is -3.14. The van der Waals surface area contributed by atoms with Crippen LogP contribution in [-0.4, -0.2) is 31.7 Å². The molecule has 1 atom stereocenters. The zero-order valence-corrected chi connectivity index (χ0v) is 11.2. The first-order valence-corrected chi connectivity index (χ1v) is 8.33. The lowest BCUT2D eigenvalue weighted by Gasteiger charge is -2.19. The average Bonchev–Trinajstić information content (AvgIpc) is 2.73. The van der Waals surface area contributed by atoms with Crippen LogP contribution in [0.3, 0.4) is 0 Å². The van der Waals surface area contributed by atoms with Gasteiger partial charge in [-0.15, -0.1) is 0 Å². The highest BCUT2D eigenvalue weighted by Gasteiger charge is 2.55. The molecule has 1 saturated heterocycles. The molecule has 2 aliphatic rings. The van der Waals surface area contributed by atoms with E-state index in [1.165, 1.54) is 0 Å². The smallest absolute Gasteiger partial charge is 0.215 e. The number of hydrogen-bond acceptors (Lipinski definition) is 4.